The van der Waals surface area contributed by atoms with Crippen LogP contribution in [-0.4, -0.2) is 16.8 Å². The molecule has 0 atom stereocenters. The first-order valence-electron chi connectivity index (χ1n) is 6.17. The number of amides is 1. The lowest BCUT2D eigenvalue weighted by atomic mass is 10.2. The maximum atomic E-state index is 10.9. The first-order valence-corrected chi connectivity index (χ1v) is 7.16. The van der Waals surface area contributed by atoms with Crippen LogP contribution in [0.2, 0.25) is 0 Å². The van der Waals surface area contributed by atoms with Crippen molar-refractivity contribution in [1.29, 1.82) is 0 Å². The van der Waals surface area contributed by atoms with Crippen molar-refractivity contribution < 1.29 is 9.90 Å². The van der Waals surface area contributed by atoms with Crippen LogP contribution < -0.4 is 11.1 Å². The Kier molecular flexibility index (Phi) is 4.90. The lowest BCUT2D eigenvalue weighted by Gasteiger charge is -2.12. The topological polar surface area (TPSA) is 75.4 Å². The van der Waals surface area contributed by atoms with Crippen molar-refractivity contribution >= 4 is 23.4 Å². The van der Waals surface area contributed by atoms with Crippen LogP contribution in [0.5, 0.6) is 5.75 Å². The Morgan fingerprint density at radius 1 is 1.15 bits per heavy atom. The monoisotopic (exact) mass is 288 g/mol. The molecular weight excluding hydrogens is 272 g/mol. The number of hydrogen-bond acceptors (Lipinski definition) is 4. The van der Waals surface area contributed by atoms with Gasteiger partial charge in [-0.05, 0) is 18.2 Å². The zero-order valence-electron chi connectivity index (χ0n) is 10.9. The fourth-order valence-corrected chi connectivity index (χ4v) is 2.51. The van der Waals surface area contributed by atoms with E-state index in [4.69, 9.17) is 5.73 Å². The molecule has 4 nitrogen and oxygen atoms in total. The summed E-state index contributed by atoms with van der Waals surface area (Å²) in [7, 11) is 0. The Balaban J connectivity index is 2.06. The number of aromatic hydroxyl groups is 1. The van der Waals surface area contributed by atoms with Crippen molar-refractivity contribution in [2.24, 2.45) is 5.73 Å². The fraction of sp³-hybridized carbons (Fsp3) is 0.133. The summed E-state index contributed by atoms with van der Waals surface area (Å²) in [4.78, 5) is 11.8. The molecule has 2 aromatic carbocycles. The number of carbonyl (C=O) groups is 1. The lowest BCUT2D eigenvalue weighted by Crippen LogP contribution is -2.13. The lowest BCUT2D eigenvalue weighted by molar-refractivity contribution is -0.115. The average Bonchev–Trinajstić information content (AvgIpc) is 2.45. The number of anilines is 1. The van der Waals surface area contributed by atoms with Crippen molar-refractivity contribution in [2.75, 3.05) is 11.1 Å². The Morgan fingerprint density at radius 2 is 1.85 bits per heavy atom. The molecule has 0 fully saturated rings. The van der Waals surface area contributed by atoms with Crippen molar-refractivity contribution in [3.63, 3.8) is 0 Å². The Bertz CT molecular complexity index is 602. The number of thioether (sulfide) groups is 1. The Morgan fingerprint density at radius 3 is 2.60 bits per heavy atom. The van der Waals surface area contributed by atoms with Gasteiger partial charge in [-0.3, -0.25) is 4.79 Å². The van der Waals surface area contributed by atoms with Gasteiger partial charge in [0.2, 0.25) is 5.91 Å². The molecule has 0 aliphatic carbocycles. The average molecular weight is 288 g/mol. The van der Waals surface area contributed by atoms with Crippen LogP contribution in [0, 0.1) is 0 Å². The molecule has 0 bridgehead atoms. The summed E-state index contributed by atoms with van der Waals surface area (Å²) in [6.45, 7) is 0.515. The number of phenols is 1. The summed E-state index contributed by atoms with van der Waals surface area (Å²) in [6.07, 6.45) is 0. The van der Waals surface area contributed by atoms with Crippen LogP contribution in [0.15, 0.2) is 53.4 Å². The molecule has 0 saturated carbocycles. The predicted molar refractivity (Wildman–Crippen MR) is 81.8 cm³/mol. The third-order valence-electron chi connectivity index (χ3n) is 2.72. The van der Waals surface area contributed by atoms with Gasteiger partial charge >= 0.3 is 0 Å². The molecule has 104 valence electrons. The van der Waals surface area contributed by atoms with E-state index in [0.29, 0.717) is 6.54 Å². The first kappa shape index (κ1) is 14.3. The van der Waals surface area contributed by atoms with Gasteiger partial charge in [-0.2, -0.15) is 0 Å². The molecule has 0 aliphatic rings. The molecule has 0 aliphatic heterocycles. The molecular formula is C15H16N2O2S. The number of nitrogens with two attached hydrogens (primary N) is 1. The number of nitrogens with one attached hydrogen (secondary N) is 1. The molecule has 0 radical (unpaired) electrons. The Hall–Kier alpha value is -2.14. The number of benzene rings is 2. The van der Waals surface area contributed by atoms with Gasteiger partial charge in [0.15, 0.2) is 0 Å². The van der Waals surface area contributed by atoms with E-state index in [0.717, 1.165) is 16.1 Å². The van der Waals surface area contributed by atoms with E-state index in [1.54, 1.807) is 12.1 Å². The second kappa shape index (κ2) is 6.86. The second-order valence-electron chi connectivity index (χ2n) is 4.23. The van der Waals surface area contributed by atoms with E-state index in [9.17, 15) is 9.90 Å². The zero-order chi connectivity index (χ0) is 14.4. The minimum absolute atomic E-state index is 0.245. The first-order chi connectivity index (χ1) is 9.66. The van der Waals surface area contributed by atoms with Crippen LogP contribution in [0.25, 0.3) is 0 Å². The summed E-state index contributed by atoms with van der Waals surface area (Å²) in [5.74, 6) is 0.169. The normalized spacial score (nSPS) is 10.2. The molecule has 0 spiro atoms. The van der Waals surface area contributed by atoms with E-state index >= 15 is 0 Å². The quantitative estimate of drug-likeness (QED) is 0.714. The van der Waals surface area contributed by atoms with E-state index in [2.05, 4.69) is 5.32 Å². The van der Waals surface area contributed by atoms with Crippen molar-refractivity contribution in [2.45, 2.75) is 11.4 Å². The molecule has 0 unspecified atom stereocenters. The predicted octanol–water partition coefficient (Wildman–Crippen LogP) is 2.58. The maximum absolute atomic E-state index is 10.9. The zero-order valence-corrected chi connectivity index (χ0v) is 11.7. The summed E-state index contributed by atoms with van der Waals surface area (Å²) < 4.78 is 0. The molecule has 4 N–H and O–H groups in total. The maximum Gasteiger partial charge on any atom is 0.227 e. The van der Waals surface area contributed by atoms with Gasteiger partial charge < -0.3 is 16.2 Å². The molecule has 1 amide bonds. The highest BCUT2D eigenvalue weighted by molar-refractivity contribution is 8.00. The van der Waals surface area contributed by atoms with Gasteiger partial charge in [-0.25, -0.2) is 0 Å². The van der Waals surface area contributed by atoms with Gasteiger partial charge in [-0.1, -0.05) is 30.3 Å². The van der Waals surface area contributed by atoms with Crippen LogP contribution in [0.1, 0.15) is 5.56 Å². The molecule has 20 heavy (non-hydrogen) atoms. The van der Waals surface area contributed by atoms with E-state index in [1.165, 1.54) is 11.8 Å². The standard InChI is InChI=1S/C15H16N2O2S/c16-15(19)10-20-14-8-4-2-6-12(14)17-9-11-5-1-3-7-13(11)18/h1-8,17-18H,9-10H2,(H2,16,19). The van der Waals surface area contributed by atoms with Crippen LogP contribution in [0.3, 0.4) is 0 Å². The number of phenolic OH excluding ortho intramolecular Hbond substituents is 1. The molecule has 5 heteroatoms. The van der Waals surface area contributed by atoms with E-state index in [1.807, 2.05) is 36.4 Å². The van der Waals surface area contributed by atoms with Crippen molar-refractivity contribution in [3.05, 3.63) is 54.1 Å². The molecule has 0 aromatic heterocycles. The highest BCUT2D eigenvalue weighted by Crippen LogP contribution is 2.27. The number of hydrogen-bond donors (Lipinski definition) is 3. The minimum Gasteiger partial charge on any atom is -0.508 e. The SMILES string of the molecule is NC(=O)CSc1ccccc1NCc1ccccc1O. The molecule has 0 saturated heterocycles. The van der Waals surface area contributed by atoms with Gasteiger partial charge in [-0.15, -0.1) is 11.8 Å². The Labute approximate surface area is 122 Å². The third kappa shape index (κ3) is 3.93. The van der Waals surface area contributed by atoms with Crippen LogP contribution >= 0.6 is 11.8 Å². The van der Waals surface area contributed by atoms with Gasteiger partial charge in [0.25, 0.3) is 0 Å². The number of para-hydroxylation sites is 2. The summed E-state index contributed by atoms with van der Waals surface area (Å²) in [6, 6.07) is 14.9. The largest absolute Gasteiger partial charge is 0.508 e. The number of primary amides is 1. The third-order valence-corrected chi connectivity index (χ3v) is 3.81. The van der Waals surface area contributed by atoms with E-state index < -0.39 is 0 Å². The molecule has 2 aromatic rings. The minimum atomic E-state index is -0.342. The summed E-state index contributed by atoms with van der Waals surface area (Å²) in [5, 5.41) is 13.0. The highest BCUT2D eigenvalue weighted by Gasteiger charge is 2.05. The van der Waals surface area contributed by atoms with Crippen LogP contribution in [0.4, 0.5) is 5.69 Å². The second-order valence-corrected chi connectivity index (χ2v) is 5.25. The van der Waals surface area contributed by atoms with Crippen molar-refractivity contribution in [1.82, 2.24) is 0 Å². The van der Waals surface area contributed by atoms with Gasteiger partial charge in [0.05, 0.1) is 5.75 Å². The van der Waals surface area contributed by atoms with Gasteiger partial charge in [0.1, 0.15) is 5.75 Å². The number of carbonyl (C=O) groups excluding carboxylic acids is 1. The van der Waals surface area contributed by atoms with Crippen LogP contribution in [-0.2, 0) is 11.3 Å². The van der Waals surface area contributed by atoms with Gasteiger partial charge in [0, 0.05) is 22.7 Å². The highest BCUT2D eigenvalue weighted by atomic mass is 32.2. The van der Waals surface area contributed by atoms with Crippen molar-refractivity contribution in [3.8, 4) is 5.75 Å². The smallest absolute Gasteiger partial charge is 0.227 e. The summed E-state index contributed by atoms with van der Waals surface area (Å²) in [5.41, 5.74) is 6.90. The molecule has 0 heterocycles. The van der Waals surface area contributed by atoms with E-state index in [-0.39, 0.29) is 17.4 Å². The summed E-state index contributed by atoms with van der Waals surface area (Å²) >= 11 is 1.39. The number of rotatable bonds is 6. The molecule has 2 rings (SSSR count). The fourth-order valence-electron chi connectivity index (χ4n) is 1.74.